The van der Waals surface area contributed by atoms with Crippen LogP contribution in [0.4, 0.5) is 0 Å². The Labute approximate surface area is 147 Å². The average Bonchev–Trinajstić information content (AvgIpc) is 2.61. The number of hydrogen-bond acceptors (Lipinski definition) is 3. The van der Waals surface area contributed by atoms with E-state index in [1.54, 1.807) is 24.3 Å². The second kappa shape index (κ2) is 6.25. The van der Waals surface area contributed by atoms with Crippen LogP contribution in [0.5, 0.6) is 0 Å². The van der Waals surface area contributed by atoms with Gasteiger partial charge >= 0.3 is 0 Å². The molecule has 1 heterocycles. The number of aromatic amines is 1. The lowest BCUT2D eigenvalue weighted by molar-refractivity contribution is 0.0810. The summed E-state index contributed by atoms with van der Waals surface area (Å²) in [5.74, 6) is 1.88. The van der Waals surface area contributed by atoms with E-state index in [-0.39, 0.29) is 16.5 Å². The lowest BCUT2D eigenvalue weighted by Gasteiger charge is -2.45. The van der Waals surface area contributed by atoms with Crippen molar-refractivity contribution in [2.24, 2.45) is 17.8 Å². The van der Waals surface area contributed by atoms with E-state index in [0.29, 0.717) is 22.7 Å². The van der Waals surface area contributed by atoms with Gasteiger partial charge in [-0.15, -0.1) is 0 Å². The fraction of sp³-hybridized carbons (Fsp3) is 0.526. The molecule has 3 aliphatic carbocycles. The molecule has 0 radical (unpaired) electrons. The molecule has 3 aliphatic rings. The Morgan fingerprint density at radius 1 is 1.12 bits per heavy atom. The standard InChI is InChI=1S/C19H24N2O3S/c1-12(17-10-13-2-4-14(17)5-3-13)21-25(23,24)16-7-8-18-15(11-16)6-9-19(22)20-18/h6-9,11-14,17,21H,2-5,10H2,1H3,(H,20,22). The Hall–Kier alpha value is -1.66. The van der Waals surface area contributed by atoms with Crippen molar-refractivity contribution in [3.63, 3.8) is 0 Å². The Kier molecular flexibility index (Phi) is 4.20. The molecule has 134 valence electrons. The van der Waals surface area contributed by atoms with E-state index in [2.05, 4.69) is 9.71 Å². The fourth-order valence-corrected chi connectivity index (χ4v) is 6.07. The van der Waals surface area contributed by atoms with Crippen LogP contribution >= 0.6 is 0 Å². The number of sulfonamides is 1. The molecular weight excluding hydrogens is 336 g/mol. The maximum absolute atomic E-state index is 12.8. The van der Waals surface area contributed by atoms with E-state index < -0.39 is 10.0 Å². The smallest absolute Gasteiger partial charge is 0.248 e. The quantitative estimate of drug-likeness (QED) is 0.880. The molecule has 1 aromatic heterocycles. The van der Waals surface area contributed by atoms with Crippen LogP contribution in [0.15, 0.2) is 40.0 Å². The number of fused-ring (bicyclic) bond motifs is 4. The highest BCUT2D eigenvalue weighted by Crippen LogP contribution is 2.46. The number of hydrogen-bond donors (Lipinski definition) is 2. The molecule has 6 heteroatoms. The molecule has 3 saturated carbocycles. The van der Waals surface area contributed by atoms with E-state index in [1.165, 1.54) is 31.7 Å². The van der Waals surface area contributed by atoms with Gasteiger partial charge in [-0.25, -0.2) is 13.1 Å². The predicted octanol–water partition coefficient (Wildman–Crippen LogP) is 3.02. The number of nitrogens with one attached hydrogen (secondary N) is 2. The number of aromatic nitrogens is 1. The van der Waals surface area contributed by atoms with E-state index in [4.69, 9.17) is 0 Å². The van der Waals surface area contributed by atoms with Gasteiger partial charge in [-0.3, -0.25) is 4.79 Å². The Morgan fingerprint density at radius 3 is 2.56 bits per heavy atom. The second-order valence-corrected chi connectivity index (χ2v) is 9.38. The van der Waals surface area contributed by atoms with E-state index in [1.807, 2.05) is 6.92 Å². The molecule has 3 fully saturated rings. The van der Waals surface area contributed by atoms with Gasteiger partial charge < -0.3 is 4.98 Å². The SMILES string of the molecule is CC(NS(=O)(=O)c1ccc2[nH]c(=O)ccc2c1)C1CC2CCC1CC2. The van der Waals surface area contributed by atoms with Gasteiger partial charge in [-0.2, -0.15) is 0 Å². The number of H-pyrrole nitrogens is 1. The molecule has 5 nitrogen and oxygen atoms in total. The van der Waals surface area contributed by atoms with Crippen LogP contribution in [0.1, 0.15) is 39.0 Å². The van der Waals surface area contributed by atoms with Gasteiger partial charge in [-0.1, -0.05) is 12.8 Å². The molecule has 5 rings (SSSR count). The van der Waals surface area contributed by atoms with Crippen LogP contribution < -0.4 is 10.3 Å². The summed E-state index contributed by atoms with van der Waals surface area (Å²) in [6.45, 7) is 2.00. The summed E-state index contributed by atoms with van der Waals surface area (Å²) in [5.41, 5.74) is 0.450. The summed E-state index contributed by atoms with van der Waals surface area (Å²) in [6, 6.07) is 7.83. The van der Waals surface area contributed by atoms with E-state index in [0.717, 1.165) is 12.3 Å². The largest absolute Gasteiger partial charge is 0.322 e. The number of benzene rings is 1. The van der Waals surface area contributed by atoms with Crippen molar-refractivity contribution in [1.29, 1.82) is 0 Å². The van der Waals surface area contributed by atoms with E-state index >= 15 is 0 Å². The lowest BCUT2D eigenvalue weighted by atomic mass is 9.63. The summed E-state index contributed by atoms with van der Waals surface area (Å²) < 4.78 is 28.5. The molecule has 0 saturated heterocycles. The van der Waals surface area contributed by atoms with Gasteiger partial charge in [0.2, 0.25) is 15.6 Å². The summed E-state index contributed by atoms with van der Waals surface area (Å²) in [6.07, 6.45) is 6.25. The van der Waals surface area contributed by atoms with Crippen LogP contribution in [0.2, 0.25) is 0 Å². The van der Waals surface area contributed by atoms with Crippen molar-refractivity contribution in [2.75, 3.05) is 0 Å². The second-order valence-electron chi connectivity index (χ2n) is 7.66. The molecular formula is C19H24N2O3S. The Morgan fingerprint density at radius 2 is 1.88 bits per heavy atom. The first-order valence-electron chi connectivity index (χ1n) is 9.08. The van der Waals surface area contributed by atoms with Gasteiger partial charge in [0.1, 0.15) is 0 Å². The zero-order valence-electron chi connectivity index (χ0n) is 14.4. The topological polar surface area (TPSA) is 79.0 Å². The predicted molar refractivity (Wildman–Crippen MR) is 97.9 cm³/mol. The first-order valence-corrected chi connectivity index (χ1v) is 10.6. The van der Waals surface area contributed by atoms with Crippen molar-refractivity contribution >= 4 is 20.9 Å². The first kappa shape index (κ1) is 16.8. The molecule has 2 aromatic rings. The summed E-state index contributed by atoms with van der Waals surface area (Å²) >= 11 is 0. The summed E-state index contributed by atoms with van der Waals surface area (Å²) in [4.78, 5) is 14.3. The van der Waals surface area contributed by atoms with Gasteiger partial charge in [0, 0.05) is 17.6 Å². The van der Waals surface area contributed by atoms with Crippen LogP contribution in [0.3, 0.4) is 0 Å². The molecule has 0 spiro atoms. The number of rotatable bonds is 4. The van der Waals surface area contributed by atoms with Gasteiger partial charge in [0.15, 0.2) is 0 Å². The van der Waals surface area contributed by atoms with Crippen molar-refractivity contribution in [2.45, 2.75) is 50.0 Å². The van der Waals surface area contributed by atoms with Gasteiger partial charge in [0.05, 0.1) is 4.90 Å². The minimum Gasteiger partial charge on any atom is -0.322 e. The minimum absolute atomic E-state index is 0.0515. The summed E-state index contributed by atoms with van der Waals surface area (Å²) in [5, 5.41) is 0.715. The first-order chi connectivity index (χ1) is 11.9. The highest BCUT2D eigenvalue weighted by Gasteiger charge is 2.39. The maximum Gasteiger partial charge on any atom is 0.248 e. The fourth-order valence-electron chi connectivity index (χ4n) is 4.74. The molecule has 2 bridgehead atoms. The van der Waals surface area contributed by atoms with Crippen molar-refractivity contribution < 1.29 is 8.42 Å². The maximum atomic E-state index is 12.8. The van der Waals surface area contributed by atoms with Gasteiger partial charge in [-0.05, 0) is 73.6 Å². The normalized spacial score (nSPS) is 27.5. The molecule has 2 unspecified atom stereocenters. The van der Waals surface area contributed by atoms with Crippen molar-refractivity contribution in [3.8, 4) is 0 Å². The molecule has 25 heavy (non-hydrogen) atoms. The Balaban J connectivity index is 1.57. The third-order valence-electron chi connectivity index (χ3n) is 6.09. The van der Waals surface area contributed by atoms with Crippen molar-refractivity contribution in [3.05, 3.63) is 40.7 Å². The van der Waals surface area contributed by atoms with Crippen LogP contribution in [0.25, 0.3) is 10.9 Å². The third-order valence-corrected chi connectivity index (χ3v) is 7.65. The van der Waals surface area contributed by atoms with Crippen molar-refractivity contribution in [1.82, 2.24) is 9.71 Å². The monoisotopic (exact) mass is 360 g/mol. The summed E-state index contributed by atoms with van der Waals surface area (Å²) in [7, 11) is -3.57. The zero-order valence-corrected chi connectivity index (χ0v) is 15.2. The zero-order chi connectivity index (χ0) is 17.6. The van der Waals surface area contributed by atoms with Gasteiger partial charge in [0.25, 0.3) is 0 Å². The molecule has 2 N–H and O–H groups in total. The molecule has 0 aliphatic heterocycles. The van der Waals surface area contributed by atoms with Crippen LogP contribution in [-0.2, 0) is 10.0 Å². The molecule has 1 aromatic carbocycles. The highest BCUT2D eigenvalue weighted by atomic mass is 32.2. The highest BCUT2D eigenvalue weighted by molar-refractivity contribution is 7.89. The molecule has 2 atom stereocenters. The lowest BCUT2D eigenvalue weighted by Crippen LogP contribution is -2.45. The molecule has 0 amide bonds. The number of pyridine rings is 1. The van der Waals surface area contributed by atoms with Crippen LogP contribution in [0, 0.1) is 17.8 Å². The third kappa shape index (κ3) is 3.25. The average molecular weight is 360 g/mol. The van der Waals surface area contributed by atoms with E-state index in [9.17, 15) is 13.2 Å². The van der Waals surface area contributed by atoms with Crippen LogP contribution in [-0.4, -0.2) is 19.4 Å². The minimum atomic E-state index is -3.57. The Bertz CT molecular complexity index is 943.